The van der Waals surface area contributed by atoms with Crippen molar-refractivity contribution in [1.29, 1.82) is 5.26 Å². The van der Waals surface area contributed by atoms with E-state index in [0.717, 1.165) is 27.4 Å². The van der Waals surface area contributed by atoms with Crippen molar-refractivity contribution in [2.75, 3.05) is 0 Å². The zero-order chi connectivity index (χ0) is 18.7. The number of pyridine rings is 1. The lowest BCUT2D eigenvalue weighted by Gasteiger charge is -2.14. The van der Waals surface area contributed by atoms with Crippen molar-refractivity contribution in [1.82, 2.24) is 4.98 Å². The summed E-state index contributed by atoms with van der Waals surface area (Å²) in [6.45, 7) is 4.18. The number of benzene rings is 2. The molecule has 3 aromatic rings. The van der Waals surface area contributed by atoms with Crippen LogP contribution in [-0.4, -0.2) is 10.2 Å². The van der Waals surface area contributed by atoms with Crippen molar-refractivity contribution < 1.29 is 0 Å². The standard InChI is InChI=1S/C21H16Cl2N2S/c1-13(2)26-21-19(12-24)18(14-3-7-16(22)8-4-14)11-20(25-21)15-5-9-17(23)10-6-15/h3-11,13H,1-2H3. The van der Waals surface area contributed by atoms with E-state index in [1.807, 2.05) is 54.6 Å². The summed E-state index contributed by atoms with van der Waals surface area (Å²) in [6, 6.07) is 19.3. The van der Waals surface area contributed by atoms with Crippen molar-refractivity contribution in [3.8, 4) is 28.5 Å². The van der Waals surface area contributed by atoms with Crippen LogP contribution < -0.4 is 0 Å². The van der Waals surface area contributed by atoms with E-state index < -0.39 is 0 Å². The van der Waals surface area contributed by atoms with Gasteiger partial charge in [0.2, 0.25) is 0 Å². The van der Waals surface area contributed by atoms with E-state index in [0.29, 0.717) is 20.9 Å². The van der Waals surface area contributed by atoms with Crippen molar-refractivity contribution in [3.05, 3.63) is 70.2 Å². The topological polar surface area (TPSA) is 36.7 Å². The maximum atomic E-state index is 9.78. The summed E-state index contributed by atoms with van der Waals surface area (Å²) in [4.78, 5) is 4.76. The van der Waals surface area contributed by atoms with Crippen molar-refractivity contribution >= 4 is 35.0 Å². The molecule has 130 valence electrons. The molecule has 0 radical (unpaired) electrons. The maximum Gasteiger partial charge on any atom is 0.115 e. The average molecular weight is 399 g/mol. The highest BCUT2D eigenvalue weighted by atomic mass is 35.5. The summed E-state index contributed by atoms with van der Waals surface area (Å²) >= 11 is 13.6. The van der Waals surface area contributed by atoms with Gasteiger partial charge in [0, 0.05) is 26.4 Å². The molecule has 1 heterocycles. The molecule has 2 nitrogen and oxygen atoms in total. The molecule has 2 aromatic carbocycles. The van der Waals surface area contributed by atoms with E-state index in [4.69, 9.17) is 28.2 Å². The summed E-state index contributed by atoms with van der Waals surface area (Å²) < 4.78 is 0. The summed E-state index contributed by atoms with van der Waals surface area (Å²) in [5.74, 6) is 0. The summed E-state index contributed by atoms with van der Waals surface area (Å²) in [7, 11) is 0. The molecular formula is C21H16Cl2N2S. The van der Waals surface area contributed by atoms with Crippen molar-refractivity contribution in [3.63, 3.8) is 0 Å². The Morgan fingerprint density at radius 3 is 1.96 bits per heavy atom. The predicted molar refractivity (Wildman–Crippen MR) is 111 cm³/mol. The van der Waals surface area contributed by atoms with Crippen molar-refractivity contribution in [2.24, 2.45) is 0 Å². The highest BCUT2D eigenvalue weighted by Gasteiger charge is 2.16. The minimum Gasteiger partial charge on any atom is -0.240 e. The molecule has 0 saturated carbocycles. The first-order valence-corrected chi connectivity index (χ1v) is 9.75. The molecule has 0 fully saturated rings. The number of nitriles is 1. The second kappa shape index (κ2) is 8.14. The van der Waals surface area contributed by atoms with Crippen molar-refractivity contribution in [2.45, 2.75) is 24.1 Å². The first-order chi connectivity index (χ1) is 12.5. The molecule has 0 bridgehead atoms. The van der Waals surface area contributed by atoms with Gasteiger partial charge in [-0.1, -0.05) is 61.3 Å². The van der Waals surface area contributed by atoms with Crippen LogP contribution >= 0.6 is 35.0 Å². The highest BCUT2D eigenvalue weighted by molar-refractivity contribution is 7.99. The minimum absolute atomic E-state index is 0.313. The lowest BCUT2D eigenvalue weighted by molar-refractivity contribution is 1.07. The first kappa shape index (κ1) is 18.8. The van der Waals surface area contributed by atoms with E-state index in [9.17, 15) is 5.26 Å². The smallest absolute Gasteiger partial charge is 0.115 e. The van der Waals surface area contributed by atoms with Crippen LogP contribution in [0.1, 0.15) is 19.4 Å². The Morgan fingerprint density at radius 2 is 1.46 bits per heavy atom. The minimum atomic E-state index is 0.313. The molecule has 5 heteroatoms. The number of thioether (sulfide) groups is 1. The largest absolute Gasteiger partial charge is 0.240 e. The van der Waals surface area contributed by atoms with Gasteiger partial charge in [-0.15, -0.1) is 11.8 Å². The second-order valence-electron chi connectivity index (χ2n) is 6.03. The van der Waals surface area contributed by atoms with Crippen LogP contribution in [0.15, 0.2) is 59.6 Å². The lowest BCUT2D eigenvalue weighted by Crippen LogP contribution is -1.98. The van der Waals surface area contributed by atoms with Gasteiger partial charge in [0.25, 0.3) is 0 Å². The molecule has 0 N–H and O–H groups in total. The highest BCUT2D eigenvalue weighted by Crippen LogP contribution is 2.36. The average Bonchev–Trinajstić information content (AvgIpc) is 2.62. The van der Waals surface area contributed by atoms with E-state index >= 15 is 0 Å². The monoisotopic (exact) mass is 398 g/mol. The Bertz CT molecular complexity index is 959. The maximum absolute atomic E-state index is 9.78. The zero-order valence-corrected chi connectivity index (χ0v) is 16.7. The van der Waals surface area contributed by atoms with Crippen LogP contribution in [-0.2, 0) is 0 Å². The molecule has 0 atom stereocenters. The summed E-state index contributed by atoms with van der Waals surface area (Å²) in [6.07, 6.45) is 0. The predicted octanol–water partition coefficient (Wildman–Crippen LogP) is 7.09. The Morgan fingerprint density at radius 1 is 0.923 bits per heavy atom. The van der Waals surface area contributed by atoms with Gasteiger partial charge in [-0.2, -0.15) is 5.26 Å². The third-order valence-corrected chi connectivity index (χ3v) is 5.23. The number of halogens is 2. The van der Waals surface area contributed by atoms with E-state index in [1.165, 1.54) is 0 Å². The molecule has 0 amide bonds. The van der Waals surface area contributed by atoms with Gasteiger partial charge in [-0.25, -0.2) is 4.98 Å². The second-order valence-corrected chi connectivity index (χ2v) is 8.47. The number of rotatable bonds is 4. The first-order valence-electron chi connectivity index (χ1n) is 8.11. The van der Waals surface area contributed by atoms with Gasteiger partial charge in [0.15, 0.2) is 0 Å². The van der Waals surface area contributed by atoms with Crippen LogP contribution in [0, 0.1) is 11.3 Å². The number of hydrogen-bond acceptors (Lipinski definition) is 3. The number of hydrogen-bond donors (Lipinski definition) is 0. The molecule has 0 spiro atoms. The fourth-order valence-corrected chi connectivity index (χ4v) is 3.69. The Hall–Kier alpha value is -1.99. The molecule has 3 rings (SSSR count). The Labute approximate surface area is 167 Å². The molecule has 1 aromatic heterocycles. The summed E-state index contributed by atoms with van der Waals surface area (Å²) in [5, 5.41) is 12.2. The van der Waals surface area contributed by atoms with Gasteiger partial charge in [0.05, 0.1) is 11.3 Å². The molecule has 0 aliphatic carbocycles. The zero-order valence-electron chi connectivity index (χ0n) is 14.3. The summed E-state index contributed by atoms with van der Waals surface area (Å²) in [5.41, 5.74) is 4.15. The van der Waals surface area contributed by atoms with Gasteiger partial charge in [-0.3, -0.25) is 0 Å². The van der Waals surface area contributed by atoms with Gasteiger partial charge >= 0.3 is 0 Å². The van der Waals surface area contributed by atoms with Crippen LogP contribution in [0.4, 0.5) is 0 Å². The van der Waals surface area contributed by atoms with Crippen LogP contribution in [0.2, 0.25) is 10.0 Å². The van der Waals surface area contributed by atoms with Crippen LogP contribution in [0.5, 0.6) is 0 Å². The van der Waals surface area contributed by atoms with E-state index in [1.54, 1.807) is 11.8 Å². The Balaban J connectivity index is 2.23. The number of nitrogens with zero attached hydrogens (tertiary/aromatic N) is 2. The normalized spacial score (nSPS) is 10.8. The van der Waals surface area contributed by atoms with Crippen LogP contribution in [0.25, 0.3) is 22.4 Å². The lowest BCUT2D eigenvalue weighted by atomic mass is 9.99. The molecule has 0 aliphatic heterocycles. The quantitative estimate of drug-likeness (QED) is 0.439. The molecule has 26 heavy (non-hydrogen) atoms. The Kier molecular flexibility index (Phi) is 5.88. The van der Waals surface area contributed by atoms with Gasteiger partial charge in [-0.05, 0) is 35.9 Å². The van der Waals surface area contributed by atoms with E-state index in [-0.39, 0.29) is 0 Å². The van der Waals surface area contributed by atoms with Crippen LogP contribution in [0.3, 0.4) is 0 Å². The third kappa shape index (κ3) is 4.22. The van der Waals surface area contributed by atoms with Gasteiger partial charge in [0.1, 0.15) is 11.1 Å². The van der Waals surface area contributed by atoms with E-state index in [2.05, 4.69) is 19.9 Å². The molecule has 0 saturated heterocycles. The fourth-order valence-electron chi connectivity index (χ4n) is 2.56. The number of aromatic nitrogens is 1. The fraction of sp³-hybridized carbons (Fsp3) is 0.143. The molecule has 0 unspecified atom stereocenters. The molecule has 0 aliphatic rings. The third-order valence-electron chi connectivity index (χ3n) is 3.74. The van der Waals surface area contributed by atoms with Gasteiger partial charge < -0.3 is 0 Å². The molecular weight excluding hydrogens is 383 g/mol. The SMILES string of the molecule is CC(C)Sc1nc(-c2ccc(Cl)cc2)cc(-c2ccc(Cl)cc2)c1C#N.